The third kappa shape index (κ3) is 2.08. The summed E-state index contributed by atoms with van der Waals surface area (Å²) in [5, 5.41) is 6.88. The maximum Gasteiger partial charge on any atom is 0.113 e. The van der Waals surface area contributed by atoms with Gasteiger partial charge in [0.25, 0.3) is 0 Å². The molecule has 1 heterocycles. The van der Waals surface area contributed by atoms with Crippen LogP contribution in [0.4, 0.5) is 0 Å². The zero-order chi connectivity index (χ0) is 10.9. The van der Waals surface area contributed by atoms with Gasteiger partial charge in [0.2, 0.25) is 0 Å². The van der Waals surface area contributed by atoms with Crippen LogP contribution < -0.4 is 5.32 Å². The summed E-state index contributed by atoms with van der Waals surface area (Å²) < 4.78 is 0. The Morgan fingerprint density at radius 3 is 2.53 bits per heavy atom. The molecule has 1 saturated carbocycles. The van der Waals surface area contributed by atoms with Crippen LogP contribution in [0.3, 0.4) is 0 Å². The van der Waals surface area contributed by atoms with Gasteiger partial charge in [-0.25, -0.2) is 4.98 Å². The predicted molar refractivity (Wildman–Crippen MR) is 65.0 cm³/mol. The van der Waals surface area contributed by atoms with E-state index in [1.807, 2.05) is 6.20 Å². The van der Waals surface area contributed by atoms with Crippen LogP contribution in [-0.2, 0) is 5.54 Å². The molecule has 1 fully saturated rings. The smallest absolute Gasteiger partial charge is 0.113 e. The maximum atomic E-state index is 4.51. The van der Waals surface area contributed by atoms with E-state index in [1.165, 1.54) is 24.3 Å². The lowest BCUT2D eigenvalue weighted by molar-refractivity contribution is 0.152. The molecule has 1 aromatic heterocycles. The third-order valence-corrected chi connectivity index (χ3v) is 4.50. The fourth-order valence-corrected chi connectivity index (χ4v) is 3.94. The van der Waals surface area contributed by atoms with Gasteiger partial charge >= 0.3 is 0 Å². The second kappa shape index (κ2) is 4.22. The number of nitrogens with zero attached hydrogens (tertiary/aromatic N) is 1. The Bertz CT molecular complexity index is 297. The molecule has 0 radical (unpaired) electrons. The van der Waals surface area contributed by atoms with Crippen LogP contribution in [0.15, 0.2) is 11.6 Å². The van der Waals surface area contributed by atoms with Crippen LogP contribution in [0.2, 0.25) is 0 Å². The van der Waals surface area contributed by atoms with E-state index in [0.717, 1.165) is 11.8 Å². The van der Waals surface area contributed by atoms with Gasteiger partial charge in [-0.15, -0.1) is 11.3 Å². The maximum absolute atomic E-state index is 4.51. The number of nitrogens with one attached hydrogen (secondary N) is 1. The van der Waals surface area contributed by atoms with Gasteiger partial charge in [0.1, 0.15) is 5.01 Å². The molecule has 2 nitrogen and oxygen atoms in total. The van der Waals surface area contributed by atoms with Crippen LogP contribution in [0, 0.1) is 11.8 Å². The SMILES string of the molecule is CNC1(c2nccs2)CC(C)CC(C)C1. The second-order valence-corrected chi connectivity index (χ2v) is 5.92. The Morgan fingerprint density at radius 2 is 2.07 bits per heavy atom. The average Bonchev–Trinajstić information content (AvgIpc) is 2.69. The van der Waals surface area contributed by atoms with Crippen molar-refractivity contribution in [3.8, 4) is 0 Å². The highest BCUT2D eigenvalue weighted by molar-refractivity contribution is 7.09. The molecule has 3 heteroatoms. The van der Waals surface area contributed by atoms with Gasteiger partial charge in [0, 0.05) is 11.6 Å². The molecule has 1 N–H and O–H groups in total. The van der Waals surface area contributed by atoms with Crippen molar-refractivity contribution in [2.45, 2.75) is 38.6 Å². The van der Waals surface area contributed by atoms with Gasteiger partial charge in [-0.2, -0.15) is 0 Å². The summed E-state index contributed by atoms with van der Waals surface area (Å²) in [7, 11) is 2.08. The molecule has 2 atom stereocenters. The first-order chi connectivity index (χ1) is 7.16. The van der Waals surface area contributed by atoms with Crippen LogP contribution in [-0.4, -0.2) is 12.0 Å². The quantitative estimate of drug-likeness (QED) is 0.835. The van der Waals surface area contributed by atoms with Crippen molar-refractivity contribution in [1.82, 2.24) is 10.3 Å². The average molecular weight is 224 g/mol. The fraction of sp³-hybridized carbons (Fsp3) is 0.750. The summed E-state index contributed by atoms with van der Waals surface area (Å²) in [6.45, 7) is 4.71. The normalized spacial score (nSPS) is 36.7. The van der Waals surface area contributed by atoms with Gasteiger partial charge in [-0.05, 0) is 38.1 Å². The summed E-state index contributed by atoms with van der Waals surface area (Å²) in [6.07, 6.45) is 5.72. The van der Waals surface area contributed by atoms with Gasteiger partial charge in [0.15, 0.2) is 0 Å². The number of thiazole rings is 1. The molecule has 15 heavy (non-hydrogen) atoms. The highest BCUT2D eigenvalue weighted by Gasteiger charge is 2.39. The van der Waals surface area contributed by atoms with Crippen LogP contribution in [0.1, 0.15) is 38.1 Å². The van der Waals surface area contributed by atoms with Crippen molar-refractivity contribution < 1.29 is 0 Å². The molecular weight excluding hydrogens is 204 g/mol. The number of aromatic nitrogens is 1. The van der Waals surface area contributed by atoms with Crippen molar-refractivity contribution in [1.29, 1.82) is 0 Å². The topological polar surface area (TPSA) is 24.9 Å². The monoisotopic (exact) mass is 224 g/mol. The van der Waals surface area contributed by atoms with Crippen molar-refractivity contribution in [2.24, 2.45) is 11.8 Å². The Balaban J connectivity index is 2.28. The van der Waals surface area contributed by atoms with Crippen molar-refractivity contribution in [3.05, 3.63) is 16.6 Å². The number of hydrogen-bond acceptors (Lipinski definition) is 3. The molecule has 0 saturated heterocycles. The Labute approximate surface area is 96.1 Å². The van der Waals surface area contributed by atoms with Gasteiger partial charge in [-0.3, -0.25) is 0 Å². The highest BCUT2D eigenvalue weighted by Crippen LogP contribution is 2.42. The van der Waals surface area contributed by atoms with Crippen molar-refractivity contribution in [3.63, 3.8) is 0 Å². The summed E-state index contributed by atoms with van der Waals surface area (Å²) in [5.74, 6) is 1.59. The zero-order valence-corrected chi connectivity index (χ0v) is 10.6. The standard InChI is InChI=1S/C12H20N2S/c1-9-6-10(2)8-12(7-9,13-3)11-14-4-5-15-11/h4-5,9-10,13H,6-8H2,1-3H3. The molecule has 1 aliphatic rings. The minimum Gasteiger partial charge on any atom is -0.308 e. The fourth-order valence-electron chi connectivity index (χ4n) is 3.07. The summed E-state index contributed by atoms with van der Waals surface area (Å²) in [4.78, 5) is 4.51. The van der Waals surface area contributed by atoms with Gasteiger partial charge in [-0.1, -0.05) is 13.8 Å². The number of hydrogen-bond donors (Lipinski definition) is 1. The van der Waals surface area contributed by atoms with Crippen LogP contribution >= 0.6 is 11.3 Å². The second-order valence-electron chi connectivity index (χ2n) is 5.02. The van der Waals surface area contributed by atoms with Crippen molar-refractivity contribution >= 4 is 11.3 Å². The highest BCUT2D eigenvalue weighted by atomic mass is 32.1. The molecule has 1 aromatic rings. The predicted octanol–water partition coefficient (Wildman–Crippen LogP) is 3.01. The van der Waals surface area contributed by atoms with Crippen LogP contribution in [0.5, 0.6) is 0 Å². The molecule has 1 aliphatic carbocycles. The molecule has 0 bridgehead atoms. The van der Waals surface area contributed by atoms with E-state index in [2.05, 4.69) is 36.6 Å². The molecule has 0 spiro atoms. The van der Waals surface area contributed by atoms with E-state index in [9.17, 15) is 0 Å². The summed E-state index contributed by atoms with van der Waals surface area (Å²) >= 11 is 1.78. The largest absolute Gasteiger partial charge is 0.308 e. The van der Waals surface area contributed by atoms with E-state index in [1.54, 1.807) is 11.3 Å². The summed E-state index contributed by atoms with van der Waals surface area (Å²) in [5.41, 5.74) is 0.144. The lowest BCUT2D eigenvalue weighted by Gasteiger charge is -2.41. The van der Waals surface area contributed by atoms with Crippen LogP contribution in [0.25, 0.3) is 0 Å². The van der Waals surface area contributed by atoms with E-state index < -0.39 is 0 Å². The van der Waals surface area contributed by atoms with Crippen molar-refractivity contribution in [2.75, 3.05) is 7.05 Å². The van der Waals surface area contributed by atoms with Gasteiger partial charge < -0.3 is 5.32 Å². The van der Waals surface area contributed by atoms with E-state index >= 15 is 0 Å². The molecule has 0 amide bonds. The molecule has 84 valence electrons. The van der Waals surface area contributed by atoms with Gasteiger partial charge in [0.05, 0.1) is 5.54 Å². The minimum absolute atomic E-state index is 0.144. The molecule has 2 unspecified atom stereocenters. The number of rotatable bonds is 2. The Kier molecular flexibility index (Phi) is 3.12. The lowest BCUT2D eigenvalue weighted by atomic mass is 9.72. The minimum atomic E-state index is 0.144. The Morgan fingerprint density at radius 1 is 1.40 bits per heavy atom. The molecule has 2 rings (SSSR count). The first-order valence-corrected chi connectivity index (χ1v) is 6.63. The first kappa shape index (κ1) is 11.1. The van der Waals surface area contributed by atoms with E-state index in [-0.39, 0.29) is 5.54 Å². The lowest BCUT2D eigenvalue weighted by Crippen LogP contribution is -2.45. The third-order valence-electron chi connectivity index (χ3n) is 3.52. The first-order valence-electron chi connectivity index (χ1n) is 5.75. The zero-order valence-electron chi connectivity index (χ0n) is 9.79. The molecule has 0 aliphatic heterocycles. The molecule has 0 aromatic carbocycles. The Hall–Kier alpha value is -0.410. The van der Waals surface area contributed by atoms with E-state index in [0.29, 0.717) is 0 Å². The van der Waals surface area contributed by atoms with E-state index in [4.69, 9.17) is 0 Å². The molecular formula is C12H20N2S. The summed E-state index contributed by atoms with van der Waals surface area (Å²) in [6, 6.07) is 0.